The van der Waals surface area contributed by atoms with E-state index in [1.165, 1.54) is 0 Å². The molecule has 0 aliphatic carbocycles. The summed E-state index contributed by atoms with van der Waals surface area (Å²) in [5.74, 6) is -0.691. The molecule has 1 aromatic heterocycles. The summed E-state index contributed by atoms with van der Waals surface area (Å²) in [7, 11) is 2.04. The lowest BCUT2D eigenvalue weighted by Crippen LogP contribution is -2.37. The molecule has 0 saturated heterocycles. The molecule has 3 aromatic carbocycles. The van der Waals surface area contributed by atoms with Crippen molar-refractivity contribution in [2.45, 2.75) is 6.04 Å². The Morgan fingerprint density at radius 3 is 2.37 bits per heavy atom. The van der Waals surface area contributed by atoms with E-state index in [0.29, 0.717) is 5.56 Å². The SMILES string of the molecule is Cn1c(-c2ccccc2)c([C@@H]2c3ccccc3C(=O)N2CC(N)=O)c2ccccc21. The highest BCUT2D eigenvalue weighted by molar-refractivity contribution is 6.03. The molecule has 0 bridgehead atoms. The van der Waals surface area contributed by atoms with Crippen LogP contribution in [0.15, 0.2) is 78.9 Å². The summed E-state index contributed by atoms with van der Waals surface area (Å²) >= 11 is 0. The van der Waals surface area contributed by atoms with Crippen molar-refractivity contribution in [2.24, 2.45) is 12.8 Å². The average Bonchev–Trinajstić information content (AvgIpc) is 3.20. The molecule has 2 amide bonds. The molecular weight excluding hydrogens is 374 g/mol. The summed E-state index contributed by atoms with van der Waals surface area (Å²) in [5.41, 5.74) is 11.2. The predicted molar refractivity (Wildman–Crippen MR) is 117 cm³/mol. The van der Waals surface area contributed by atoms with Crippen LogP contribution in [0.1, 0.15) is 27.5 Å². The maximum absolute atomic E-state index is 13.2. The first-order chi connectivity index (χ1) is 14.6. The van der Waals surface area contributed by atoms with Crippen molar-refractivity contribution < 1.29 is 9.59 Å². The van der Waals surface area contributed by atoms with E-state index in [0.717, 1.165) is 33.3 Å². The molecule has 1 aliphatic rings. The summed E-state index contributed by atoms with van der Waals surface area (Å²) in [5, 5.41) is 1.06. The van der Waals surface area contributed by atoms with Gasteiger partial charge in [0.05, 0.1) is 11.7 Å². The summed E-state index contributed by atoms with van der Waals surface area (Å²) < 4.78 is 2.16. The molecule has 1 aliphatic heterocycles. The maximum atomic E-state index is 13.2. The second-order valence-corrected chi connectivity index (χ2v) is 7.59. The van der Waals surface area contributed by atoms with Crippen molar-refractivity contribution in [1.82, 2.24) is 9.47 Å². The molecule has 5 rings (SSSR count). The fraction of sp³-hybridized carbons (Fsp3) is 0.120. The standard InChI is InChI=1S/C25H21N3O2/c1-27-20-14-8-7-13-19(20)22(23(27)16-9-3-2-4-10-16)24-17-11-5-6-12-18(17)25(30)28(24)15-21(26)29/h2-14,24H,15H2,1H3,(H2,26,29)/t24-/m0/s1. The molecule has 2 N–H and O–H groups in total. The van der Waals surface area contributed by atoms with Crippen LogP contribution in [0.4, 0.5) is 0 Å². The van der Waals surface area contributed by atoms with Crippen molar-refractivity contribution in [2.75, 3.05) is 6.54 Å². The van der Waals surface area contributed by atoms with Gasteiger partial charge in [-0.05, 0) is 23.3 Å². The summed E-state index contributed by atoms with van der Waals surface area (Å²) in [4.78, 5) is 26.7. The Morgan fingerprint density at radius 2 is 1.60 bits per heavy atom. The number of hydrogen-bond donors (Lipinski definition) is 1. The van der Waals surface area contributed by atoms with Crippen LogP contribution < -0.4 is 5.73 Å². The van der Waals surface area contributed by atoms with Crippen molar-refractivity contribution >= 4 is 22.7 Å². The Labute approximate surface area is 174 Å². The highest BCUT2D eigenvalue weighted by Gasteiger charge is 2.41. The van der Waals surface area contributed by atoms with Crippen LogP contribution in [0.5, 0.6) is 0 Å². The van der Waals surface area contributed by atoms with Crippen molar-refractivity contribution in [3.8, 4) is 11.3 Å². The topological polar surface area (TPSA) is 68.3 Å². The van der Waals surface area contributed by atoms with E-state index in [1.54, 1.807) is 4.90 Å². The largest absolute Gasteiger partial charge is 0.368 e. The van der Waals surface area contributed by atoms with E-state index in [2.05, 4.69) is 28.8 Å². The molecule has 5 nitrogen and oxygen atoms in total. The summed E-state index contributed by atoms with van der Waals surface area (Å²) in [6, 6.07) is 25.5. The Morgan fingerprint density at radius 1 is 0.933 bits per heavy atom. The van der Waals surface area contributed by atoms with Gasteiger partial charge in [0.1, 0.15) is 6.54 Å². The number of carbonyl (C=O) groups excluding carboxylic acids is 2. The fourth-order valence-electron chi connectivity index (χ4n) is 4.66. The third-order valence-electron chi connectivity index (χ3n) is 5.85. The van der Waals surface area contributed by atoms with Gasteiger partial charge in [0.15, 0.2) is 0 Å². The van der Waals surface area contributed by atoms with Gasteiger partial charge >= 0.3 is 0 Å². The molecule has 5 heteroatoms. The number of rotatable bonds is 4. The van der Waals surface area contributed by atoms with Gasteiger partial charge in [-0.2, -0.15) is 0 Å². The first-order valence-electron chi connectivity index (χ1n) is 9.89. The lowest BCUT2D eigenvalue weighted by Gasteiger charge is -2.25. The third kappa shape index (κ3) is 2.63. The number of amides is 2. The molecule has 0 spiro atoms. The Kier molecular flexibility index (Phi) is 4.17. The molecular formula is C25H21N3O2. The Bertz CT molecular complexity index is 1290. The summed E-state index contributed by atoms with van der Waals surface area (Å²) in [6.07, 6.45) is 0. The van der Waals surface area contributed by atoms with Crippen molar-refractivity contribution in [3.05, 3.63) is 95.6 Å². The summed E-state index contributed by atoms with van der Waals surface area (Å²) in [6.45, 7) is -0.129. The van der Waals surface area contributed by atoms with Gasteiger partial charge in [0.25, 0.3) is 5.91 Å². The van der Waals surface area contributed by atoms with Crippen LogP contribution in [0.25, 0.3) is 22.2 Å². The second-order valence-electron chi connectivity index (χ2n) is 7.59. The molecule has 2 heterocycles. The first kappa shape index (κ1) is 18.2. The van der Waals surface area contributed by atoms with Crippen molar-refractivity contribution in [1.29, 1.82) is 0 Å². The number of carbonyl (C=O) groups is 2. The van der Waals surface area contributed by atoms with E-state index < -0.39 is 5.91 Å². The van der Waals surface area contributed by atoms with E-state index in [-0.39, 0.29) is 18.5 Å². The number of aromatic nitrogens is 1. The van der Waals surface area contributed by atoms with E-state index in [9.17, 15) is 9.59 Å². The minimum atomic E-state index is -0.525. The number of hydrogen-bond acceptors (Lipinski definition) is 2. The van der Waals surface area contributed by atoms with Crippen LogP contribution >= 0.6 is 0 Å². The molecule has 30 heavy (non-hydrogen) atoms. The molecule has 148 valence electrons. The lowest BCUT2D eigenvalue weighted by atomic mass is 9.93. The zero-order chi connectivity index (χ0) is 20.8. The zero-order valence-corrected chi connectivity index (χ0v) is 16.6. The fourth-order valence-corrected chi connectivity index (χ4v) is 4.66. The number of aryl methyl sites for hydroxylation is 1. The van der Waals surface area contributed by atoms with E-state index >= 15 is 0 Å². The van der Waals surface area contributed by atoms with Crippen molar-refractivity contribution in [3.63, 3.8) is 0 Å². The van der Waals surface area contributed by atoms with Gasteiger partial charge in [-0.25, -0.2) is 0 Å². The Balaban J connectivity index is 1.86. The van der Waals surface area contributed by atoms with Crippen LogP contribution in [0, 0.1) is 0 Å². The van der Waals surface area contributed by atoms with E-state index in [1.807, 2.05) is 61.6 Å². The molecule has 0 fully saturated rings. The van der Waals surface area contributed by atoms with Gasteiger partial charge in [0.2, 0.25) is 5.91 Å². The van der Waals surface area contributed by atoms with Gasteiger partial charge < -0.3 is 15.2 Å². The predicted octanol–water partition coefficient (Wildman–Crippen LogP) is 3.88. The number of para-hydroxylation sites is 1. The molecule has 0 unspecified atom stereocenters. The molecule has 0 radical (unpaired) electrons. The Hall–Kier alpha value is -3.86. The van der Waals surface area contributed by atoms with Crippen LogP contribution in [0.3, 0.4) is 0 Å². The minimum absolute atomic E-state index is 0.129. The smallest absolute Gasteiger partial charge is 0.255 e. The molecule has 4 aromatic rings. The highest BCUT2D eigenvalue weighted by Crippen LogP contribution is 2.46. The first-order valence-corrected chi connectivity index (χ1v) is 9.89. The normalized spacial score (nSPS) is 15.6. The van der Waals surface area contributed by atoms with Crippen LogP contribution in [0.2, 0.25) is 0 Å². The minimum Gasteiger partial charge on any atom is -0.368 e. The second kappa shape index (κ2) is 6.88. The number of nitrogens with two attached hydrogens (primary N) is 1. The van der Waals surface area contributed by atoms with Crippen LogP contribution in [-0.4, -0.2) is 27.8 Å². The zero-order valence-electron chi connectivity index (χ0n) is 16.6. The monoisotopic (exact) mass is 395 g/mol. The number of benzene rings is 3. The van der Waals surface area contributed by atoms with Gasteiger partial charge in [-0.3, -0.25) is 9.59 Å². The number of primary amides is 1. The lowest BCUT2D eigenvalue weighted by molar-refractivity contribution is -0.118. The van der Waals surface area contributed by atoms with Crippen LogP contribution in [-0.2, 0) is 11.8 Å². The van der Waals surface area contributed by atoms with Gasteiger partial charge in [0, 0.05) is 29.1 Å². The molecule has 0 saturated carbocycles. The van der Waals surface area contributed by atoms with Gasteiger partial charge in [-0.1, -0.05) is 66.7 Å². The third-order valence-corrected chi connectivity index (χ3v) is 5.85. The quantitative estimate of drug-likeness (QED) is 0.570. The van der Waals surface area contributed by atoms with Gasteiger partial charge in [-0.15, -0.1) is 0 Å². The maximum Gasteiger partial charge on any atom is 0.255 e. The highest BCUT2D eigenvalue weighted by atomic mass is 16.2. The average molecular weight is 395 g/mol. The van der Waals surface area contributed by atoms with E-state index in [4.69, 9.17) is 5.73 Å². The number of fused-ring (bicyclic) bond motifs is 2. The molecule has 1 atom stereocenters. The number of nitrogens with zero attached hydrogens (tertiary/aromatic N) is 2.